The number of hydrogen-bond acceptors (Lipinski definition) is 6. The summed E-state index contributed by atoms with van der Waals surface area (Å²) >= 11 is 0. The summed E-state index contributed by atoms with van der Waals surface area (Å²) < 4.78 is 13.1. The van der Waals surface area contributed by atoms with Crippen LogP contribution in [0.5, 0.6) is 11.5 Å². The van der Waals surface area contributed by atoms with E-state index in [1.54, 1.807) is 79.9 Å². The Balaban J connectivity index is 1.06. The number of ether oxygens (including phenoxy) is 2. The van der Waals surface area contributed by atoms with Gasteiger partial charge in [0, 0.05) is 49.7 Å². The molecule has 0 bridgehead atoms. The highest BCUT2D eigenvalue weighted by Gasteiger charge is 2.40. The molecule has 1 heterocycles. The Morgan fingerprint density at radius 1 is 0.443 bits per heavy atom. The smallest absolute Gasteiger partial charge is 0.233 e. The molecule has 0 saturated heterocycles. The van der Waals surface area contributed by atoms with E-state index in [0.717, 1.165) is 66.8 Å². The number of methoxy groups -OCH3 is 1. The molecule has 1 aliphatic rings. The first-order valence-corrected chi connectivity index (χ1v) is 19.9. The second kappa shape index (κ2) is 16.0. The van der Waals surface area contributed by atoms with Gasteiger partial charge in [0.25, 0.3) is 0 Å². The number of ketones is 4. The number of rotatable bonds is 11. The largest absolute Gasteiger partial charge is 0.496 e. The lowest BCUT2D eigenvalue weighted by Gasteiger charge is -2.38. The Labute approximate surface area is 353 Å². The molecule has 6 nitrogen and oxygen atoms in total. The zero-order valence-corrected chi connectivity index (χ0v) is 33.4. The van der Waals surface area contributed by atoms with Crippen molar-refractivity contribution in [3.05, 3.63) is 233 Å². The number of allylic oxidation sites excluding steroid dienone is 1. The SMILES string of the molecule is COc1cc2c(c3ccccc13)OC(c1ccc(-c3ccc(C(=O)C(=O)c4ccccc4)cc3)cc1)(c1ccc(-c3ccc(C(=O)C(=O)c4ccccc4)cc3)cc1)C=C2C. The second-order valence-electron chi connectivity index (χ2n) is 15.0. The van der Waals surface area contributed by atoms with Gasteiger partial charge in [0.15, 0.2) is 5.60 Å². The first-order chi connectivity index (χ1) is 29.7. The van der Waals surface area contributed by atoms with Crippen LogP contribution in [0, 0.1) is 0 Å². The summed E-state index contributed by atoms with van der Waals surface area (Å²) in [4.78, 5) is 51.7. The van der Waals surface area contributed by atoms with E-state index in [-0.39, 0.29) is 0 Å². The maximum Gasteiger partial charge on any atom is 0.233 e. The zero-order chi connectivity index (χ0) is 42.1. The molecule has 0 amide bonds. The molecule has 0 N–H and O–H groups in total. The molecule has 0 aliphatic carbocycles. The third kappa shape index (κ3) is 7.15. The number of fused-ring (bicyclic) bond motifs is 3. The maximum absolute atomic E-state index is 13.0. The first-order valence-electron chi connectivity index (χ1n) is 19.9. The number of benzene rings is 8. The molecule has 0 spiro atoms. The fraction of sp³-hybridized carbons (Fsp3) is 0.0545. The molecule has 1 aliphatic heterocycles. The summed E-state index contributed by atoms with van der Waals surface area (Å²) in [7, 11) is 1.68. The van der Waals surface area contributed by atoms with E-state index < -0.39 is 28.7 Å². The van der Waals surface area contributed by atoms with Gasteiger partial charge in [0.05, 0.1) is 7.11 Å². The van der Waals surface area contributed by atoms with Crippen LogP contribution >= 0.6 is 0 Å². The first kappa shape index (κ1) is 38.6. The minimum Gasteiger partial charge on any atom is -0.496 e. The minimum absolute atomic E-state index is 0.331. The summed E-state index contributed by atoms with van der Waals surface area (Å²) in [5, 5.41) is 1.88. The van der Waals surface area contributed by atoms with Crippen LogP contribution < -0.4 is 9.47 Å². The fourth-order valence-electron chi connectivity index (χ4n) is 8.06. The second-order valence-corrected chi connectivity index (χ2v) is 15.0. The van der Waals surface area contributed by atoms with Crippen LogP contribution in [0.3, 0.4) is 0 Å². The molecule has 0 atom stereocenters. The van der Waals surface area contributed by atoms with E-state index in [1.165, 1.54) is 0 Å². The summed E-state index contributed by atoms with van der Waals surface area (Å²) in [6, 6.07) is 57.8. The van der Waals surface area contributed by atoms with Crippen molar-refractivity contribution in [1.29, 1.82) is 0 Å². The van der Waals surface area contributed by atoms with Gasteiger partial charge in [-0.1, -0.05) is 182 Å². The normalized spacial score (nSPS) is 12.7. The molecule has 0 unspecified atom stereocenters. The van der Waals surface area contributed by atoms with Gasteiger partial charge in [0.1, 0.15) is 11.5 Å². The van der Waals surface area contributed by atoms with Crippen molar-refractivity contribution in [1.82, 2.24) is 0 Å². The van der Waals surface area contributed by atoms with Crippen molar-refractivity contribution >= 4 is 39.5 Å². The summed E-state index contributed by atoms with van der Waals surface area (Å²) in [5.74, 6) is -0.667. The molecule has 6 heteroatoms. The summed E-state index contributed by atoms with van der Waals surface area (Å²) in [6.45, 7) is 2.09. The van der Waals surface area contributed by atoms with Gasteiger partial charge in [-0.15, -0.1) is 0 Å². The van der Waals surface area contributed by atoms with Crippen molar-refractivity contribution < 1.29 is 28.7 Å². The number of Topliss-reactive ketones (excluding diaryl/α,β-unsaturated/α-hetero) is 4. The van der Waals surface area contributed by atoms with Crippen molar-refractivity contribution in [2.75, 3.05) is 7.11 Å². The van der Waals surface area contributed by atoms with Crippen LogP contribution in [0.25, 0.3) is 38.6 Å². The fourth-order valence-corrected chi connectivity index (χ4v) is 8.06. The quantitative estimate of drug-likeness (QED) is 0.0957. The lowest BCUT2D eigenvalue weighted by molar-refractivity contribution is 0.0817. The van der Waals surface area contributed by atoms with Gasteiger partial charge in [-0.25, -0.2) is 0 Å². The molecule has 294 valence electrons. The van der Waals surface area contributed by atoms with Crippen molar-refractivity contribution in [2.45, 2.75) is 12.5 Å². The number of hydrogen-bond donors (Lipinski definition) is 0. The number of carbonyl (C=O) groups is 4. The van der Waals surface area contributed by atoms with Crippen molar-refractivity contribution in [3.8, 4) is 33.8 Å². The Morgan fingerprint density at radius 3 is 1.21 bits per heavy atom. The highest BCUT2D eigenvalue weighted by Crippen LogP contribution is 2.50. The zero-order valence-electron chi connectivity index (χ0n) is 33.4. The third-order valence-electron chi connectivity index (χ3n) is 11.4. The van der Waals surface area contributed by atoms with Gasteiger partial charge >= 0.3 is 0 Å². The van der Waals surface area contributed by atoms with Gasteiger partial charge in [-0.05, 0) is 46.9 Å². The lowest BCUT2D eigenvalue weighted by atomic mass is 9.80. The van der Waals surface area contributed by atoms with E-state index >= 15 is 0 Å². The predicted molar refractivity (Wildman–Crippen MR) is 240 cm³/mol. The molecule has 8 aromatic carbocycles. The lowest BCUT2D eigenvalue weighted by Crippen LogP contribution is -2.35. The van der Waals surface area contributed by atoms with E-state index in [0.29, 0.717) is 22.3 Å². The van der Waals surface area contributed by atoms with Crippen LogP contribution in [0.2, 0.25) is 0 Å². The Kier molecular flexibility index (Phi) is 10.1. The molecule has 0 fully saturated rings. The van der Waals surface area contributed by atoms with Crippen molar-refractivity contribution in [2.24, 2.45) is 0 Å². The third-order valence-corrected chi connectivity index (χ3v) is 11.4. The topological polar surface area (TPSA) is 86.7 Å². The van der Waals surface area contributed by atoms with Crippen LogP contribution in [0.1, 0.15) is 65.0 Å². The maximum atomic E-state index is 13.0. The Bertz CT molecular complexity index is 2850. The average molecular weight is 795 g/mol. The molecular weight excluding hydrogens is 757 g/mol. The predicted octanol–water partition coefficient (Wildman–Crippen LogP) is 12.1. The monoisotopic (exact) mass is 794 g/mol. The highest BCUT2D eigenvalue weighted by molar-refractivity contribution is 6.49. The van der Waals surface area contributed by atoms with E-state index in [9.17, 15) is 19.2 Å². The molecule has 8 aromatic rings. The van der Waals surface area contributed by atoms with Gasteiger partial charge < -0.3 is 9.47 Å². The highest BCUT2D eigenvalue weighted by atomic mass is 16.5. The Hall–Kier alpha value is -7.96. The molecule has 0 radical (unpaired) electrons. The molecule has 0 saturated carbocycles. The molecular formula is C55H38O6. The van der Waals surface area contributed by atoms with E-state index in [1.807, 2.05) is 84.9 Å². The summed E-state index contributed by atoms with van der Waals surface area (Å²) in [5.41, 5.74) is 7.78. The van der Waals surface area contributed by atoms with Gasteiger partial charge in [0.2, 0.25) is 23.1 Å². The van der Waals surface area contributed by atoms with Crippen LogP contribution in [0.4, 0.5) is 0 Å². The van der Waals surface area contributed by atoms with E-state index in [4.69, 9.17) is 9.47 Å². The minimum atomic E-state index is -1.03. The van der Waals surface area contributed by atoms with Crippen LogP contribution in [-0.4, -0.2) is 30.2 Å². The molecule has 0 aromatic heterocycles. The van der Waals surface area contributed by atoms with Crippen LogP contribution in [-0.2, 0) is 5.60 Å². The average Bonchev–Trinajstić information content (AvgIpc) is 3.33. The van der Waals surface area contributed by atoms with Crippen molar-refractivity contribution in [3.63, 3.8) is 0 Å². The number of carbonyl (C=O) groups excluding carboxylic acids is 4. The Morgan fingerprint density at radius 2 is 0.803 bits per heavy atom. The standard InChI is InChI=1S/C55H38O6/c1-35-34-55(61-54-47-16-10-9-15-46(47)49(60-2)33-48(35)54,44-29-25-38(26-30-44)36-17-21-42(22-18-36)52(58)50(56)40-11-5-3-6-12-40)45-31-27-39(28-32-45)37-19-23-43(24-20-37)53(59)51(57)41-13-7-4-8-14-41/h3-34H,1-2H3. The summed E-state index contributed by atoms with van der Waals surface area (Å²) in [6.07, 6.45) is 2.15. The molecule has 9 rings (SSSR count). The van der Waals surface area contributed by atoms with E-state index in [2.05, 4.69) is 43.3 Å². The van der Waals surface area contributed by atoms with Crippen LogP contribution in [0.15, 0.2) is 194 Å². The van der Waals surface area contributed by atoms with Gasteiger partial charge in [-0.3, -0.25) is 19.2 Å². The van der Waals surface area contributed by atoms with Gasteiger partial charge in [-0.2, -0.15) is 0 Å². The molecule has 61 heavy (non-hydrogen) atoms.